The van der Waals surface area contributed by atoms with Crippen LogP contribution in [0.1, 0.15) is 30.5 Å². The first-order valence-corrected chi connectivity index (χ1v) is 14.7. The van der Waals surface area contributed by atoms with Crippen LogP contribution in [0.15, 0.2) is 54.6 Å². The number of halogens is 2. The third-order valence-electron chi connectivity index (χ3n) is 6.38. The molecule has 3 aromatic rings. The van der Waals surface area contributed by atoms with E-state index in [-0.39, 0.29) is 19.8 Å². The largest absolute Gasteiger partial charge is 0.489 e. The first-order chi connectivity index (χ1) is 18.0. The maximum Gasteiger partial charge on any atom is 0.208 e. The van der Waals surface area contributed by atoms with Crippen molar-refractivity contribution in [1.82, 2.24) is 4.72 Å². The van der Waals surface area contributed by atoms with E-state index < -0.39 is 21.5 Å². The Bertz CT molecular complexity index is 1470. The van der Waals surface area contributed by atoms with Crippen LogP contribution in [0.4, 0.5) is 0 Å². The number of rotatable bonds is 9. The van der Waals surface area contributed by atoms with E-state index in [0.29, 0.717) is 33.7 Å². The van der Waals surface area contributed by atoms with Crippen LogP contribution in [0.25, 0.3) is 11.1 Å². The number of hydrogen-bond donors (Lipinski definition) is 1. The van der Waals surface area contributed by atoms with Crippen molar-refractivity contribution in [1.29, 1.82) is 5.26 Å². The number of hydrogen-bond acceptors (Lipinski definition) is 6. The summed E-state index contributed by atoms with van der Waals surface area (Å²) >= 11 is 12.2. The molecule has 0 aliphatic carbocycles. The van der Waals surface area contributed by atoms with Crippen molar-refractivity contribution < 1.29 is 22.6 Å². The van der Waals surface area contributed by atoms with E-state index in [1.54, 1.807) is 0 Å². The Morgan fingerprint density at radius 3 is 2.45 bits per heavy atom. The topological polar surface area (TPSA) is 97.7 Å². The van der Waals surface area contributed by atoms with Crippen molar-refractivity contribution in [2.24, 2.45) is 0 Å². The molecular formula is C28H28Cl2N2O5S. The van der Waals surface area contributed by atoms with E-state index in [2.05, 4.69) is 36.8 Å². The van der Waals surface area contributed by atoms with Crippen LogP contribution < -0.4 is 18.9 Å². The lowest BCUT2D eigenvalue weighted by Crippen LogP contribution is -2.40. The lowest BCUT2D eigenvalue weighted by Gasteiger charge is -2.28. The predicted octanol–water partition coefficient (Wildman–Crippen LogP) is 5.51. The molecule has 1 aliphatic heterocycles. The van der Waals surface area contributed by atoms with Gasteiger partial charge in [0.25, 0.3) is 0 Å². The zero-order chi connectivity index (χ0) is 27.5. The monoisotopic (exact) mass is 574 g/mol. The fraction of sp³-hybridized carbons (Fsp3) is 0.321. The molecular weight excluding hydrogens is 547 g/mol. The molecule has 1 N–H and O–H groups in total. The van der Waals surface area contributed by atoms with Gasteiger partial charge in [0.2, 0.25) is 10.0 Å². The second-order valence-corrected chi connectivity index (χ2v) is 12.1. The van der Waals surface area contributed by atoms with E-state index in [0.717, 1.165) is 28.5 Å². The lowest BCUT2D eigenvalue weighted by atomic mass is 9.77. The molecule has 0 spiro atoms. The summed E-state index contributed by atoms with van der Waals surface area (Å²) in [4.78, 5) is 0. The van der Waals surface area contributed by atoms with Gasteiger partial charge >= 0.3 is 0 Å². The van der Waals surface area contributed by atoms with E-state index >= 15 is 0 Å². The molecule has 1 aliphatic rings. The number of alkyl halides is 1. The number of nitrogens with one attached hydrogen (secondary N) is 1. The van der Waals surface area contributed by atoms with E-state index in [9.17, 15) is 13.7 Å². The standard InChI is InChI=1S/C28H28Cl2N2O5S/c1-28(2,22-12-20(15-31)27(24(30)14-22)35-11-10-29)21-7-4-18(5-8-21)19-6-9-25-26(13-19)36-17-23(37-25)16-32-38(3,33)34/h4-9,12-14,23,32H,10-11,16-17H2,1-3H3. The molecule has 0 amide bonds. The van der Waals surface area contributed by atoms with Crippen molar-refractivity contribution in [2.45, 2.75) is 25.4 Å². The highest BCUT2D eigenvalue weighted by molar-refractivity contribution is 7.88. The zero-order valence-corrected chi connectivity index (χ0v) is 23.6. The Balaban J connectivity index is 1.53. The third-order valence-corrected chi connectivity index (χ3v) is 7.51. The SMILES string of the molecule is CC(C)(c1ccc(-c2ccc3c(c2)OCC(CNS(C)(=O)=O)O3)cc1)c1cc(Cl)c(OCCCl)c(C#N)c1. The van der Waals surface area contributed by atoms with Crippen molar-refractivity contribution in [2.75, 3.05) is 31.9 Å². The average Bonchev–Trinajstić information content (AvgIpc) is 2.90. The fourth-order valence-electron chi connectivity index (χ4n) is 4.21. The Labute approximate surface area is 233 Å². The van der Waals surface area contributed by atoms with Gasteiger partial charge in [-0.3, -0.25) is 0 Å². The van der Waals surface area contributed by atoms with Crippen molar-refractivity contribution in [3.8, 4) is 34.4 Å². The maximum atomic E-state index is 11.3. The van der Waals surface area contributed by atoms with Gasteiger partial charge in [0, 0.05) is 5.41 Å². The smallest absolute Gasteiger partial charge is 0.208 e. The minimum atomic E-state index is -3.30. The van der Waals surface area contributed by atoms with Crippen molar-refractivity contribution >= 4 is 33.2 Å². The van der Waals surface area contributed by atoms with Gasteiger partial charge in [-0.25, -0.2) is 13.1 Å². The molecule has 200 valence electrons. The molecule has 38 heavy (non-hydrogen) atoms. The molecule has 10 heteroatoms. The van der Waals surface area contributed by atoms with E-state index in [1.807, 2.05) is 42.5 Å². The molecule has 0 radical (unpaired) electrons. The van der Waals surface area contributed by atoms with Crippen molar-refractivity contribution in [3.05, 3.63) is 76.3 Å². The first kappa shape index (κ1) is 28.1. The molecule has 0 saturated heterocycles. The summed E-state index contributed by atoms with van der Waals surface area (Å²) in [6.45, 7) is 4.80. The molecule has 1 heterocycles. The molecule has 0 aromatic heterocycles. The van der Waals surface area contributed by atoms with Crippen LogP contribution in [0.2, 0.25) is 5.02 Å². The molecule has 1 atom stereocenters. The highest BCUT2D eigenvalue weighted by atomic mass is 35.5. The summed E-state index contributed by atoms with van der Waals surface area (Å²) in [5, 5.41) is 10.0. The minimum Gasteiger partial charge on any atom is -0.489 e. The summed E-state index contributed by atoms with van der Waals surface area (Å²) in [6.07, 6.45) is 0.706. The normalized spacial score (nSPS) is 15.1. The number of sulfonamides is 1. The second kappa shape index (κ2) is 11.4. The number of ether oxygens (including phenoxy) is 3. The Kier molecular flexibility index (Phi) is 8.43. The molecule has 7 nitrogen and oxygen atoms in total. The van der Waals surface area contributed by atoms with Gasteiger partial charge in [-0.15, -0.1) is 11.6 Å². The van der Waals surface area contributed by atoms with Crippen LogP contribution in [0, 0.1) is 11.3 Å². The number of nitriles is 1. The Morgan fingerprint density at radius 1 is 1.08 bits per heavy atom. The number of benzene rings is 3. The van der Waals surface area contributed by atoms with Crippen LogP contribution >= 0.6 is 23.2 Å². The highest BCUT2D eigenvalue weighted by Crippen LogP contribution is 2.40. The van der Waals surface area contributed by atoms with Gasteiger partial charge < -0.3 is 14.2 Å². The van der Waals surface area contributed by atoms with Crippen LogP contribution in [-0.4, -0.2) is 46.4 Å². The quantitative estimate of drug-likeness (QED) is 0.338. The van der Waals surface area contributed by atoms with Crippen LogP contribution in [-0.2, 0) is 15.4 Å². The second-order valence-electron chi connectivity index (χ2n) is 9.52. The van der Waals surface area contributed by atoms with Crippen molar-refractivity contribution in [3.63, 3.8) is 0 Å². The molecule has 4 rings (SSSR count). The summed E-state index contributed by atoms with van der Waals surface area (Å²) in [5.41, 5.74) is 3.84. The Morgan fingerprint density at radius 2 is 1.79 bits per heavy atom. The van der Waals surface area contributed by atoms with Crippen LogP contribution in [0.3, 0.4) is 0 Å². The Hall–Kier alpha value is -2.96. The third kappa shape index (κ3) is 6.36. The van der Waals surface area contributed by atoms with Gasteiger partial charge in [0.05, 0.1) is 29.3 Å². The summed E-state index contributed by atoms with van der Waals surface area (Å²) in [6, 6.07) is 19.7. The summed E-state index contributed by atoms with van der Waals surface area (Å²) < 4.78 is 42.5. The number of nitrogens with zero attached hydrogens (tertiary/aromatic N) is 1. The van der Waals surface area contributed by atoms with Gasteiger partial charge in [0.15, 0.2) is 17.2 Å². The minimum absolute atomic E-state index is 0.140. The average molecular weight is 576 g/mol. The molecule has 0 fully saturated rings. The van der Waals surface area contributed by atoms with Gasteiger partial charge in [-0.2, -0.15) is 5.26 Å². The van der Waals surface area contributed by atoms with E-state index in [4.69, 9.17) is 37.4 Å². The fourth-order valence-corrected chi connectivity index (χ4v) is 5.05. The summed E-state index contributed by atoms with van der Waals surface area (Å²) in [7, 11) is -3.30. The molecule has 0 saturated carbocycles. The molecule has 3 aromatic carbocycles. The van der Waals surface area contributed by atoms with Gasteiger partial charge in [-0.05, 0) is 46.5 Å². The number of fused-ring (bicyclic) bond motifs is 1. The lowest BCUT2D eigenvalue weighted by molar-refractivity contribution is 0.0944. The zero-order valence-electron chi connectivity index (χ0n) is 21.3. The van der Waals surface area contributed by atoms with E-state index in [1.165, 1.54) is 0 Å². The first-order valence-electron chi connectivity index (χ1n) is 11.9. The summed E-state index contributed by atoms with van der Waals surface area (Å²) in [5.74, 6) is 1.83. The molecule has 0 bridgehead atoms. The molecule has 1 unspecified atom stereocenters. The maximum absolute atomic E-state index is 11.3. The van der Waals surface area contributed by atoms with Gasteiger partial charge in [0.1, 0.15) is 25.4 Å². The van der Waals surface area contributed by atoms with Gasteiger partial charge in [-0.1, -0.05) is 55.8 Å². The van der Waals surface area contributed by atoms with Crippen LogP contribution in [0.5, 0.6) is 17.2 Å². The predicted molar refractivity (Wildman–Crippen MR) is 149 cm³/mol. The highest BCUT2D eigenvalue weighted by Gasteiger charge is 2.27.